The van der Waals surface area contributed by atoms with Crippen LogP contribution >= 0.6 is 24.2 Å². The lowest BCUT2D eigenvalue weighted by molar-refractivity contribution is 0.0524. The largest absolute Gasteiger partial charge is 0.379 e. The molecule has 2 fully saturated rings. The molecule has 0 aromatic heterocycles. The van der Waals surface area contributed by atoms with Gasteiger partial charge in [0, 0.05) is 30.1 Å². The molecule has 1 heterocycles. The summed E-state index contributed by atoms with van der Waals surface area (Å²) in [5.74, 6) is 0.718. The minimum absolute atomic E-state index is 0. The van der Waals surface area contributed by atoms with E-state index in [1.165, 1.54) is 29.7 Å². The summed E-state index contributed by atoms with van der Waals surface area (Å²) in [6.45, 7) is 3.72. The minimum Gasteiger partial charge on any atom is -0.379 e. The molecule has 1 aromatic carbocycles. The molecular formula is C17H27ClN2OS. The van der Waals surface area contributed by atoms with Gasteiger partial charge in [-0.1, -0.05) is 18.6 Å². The van der Waals surface area contributed by atoms with Crippen molar-refractivity contribution in [3.8, 4) is 0 Å². The lowest BCUT2D eigenvalue weighted by atomic mass is 9.94. The van der Waals surface area contributed by atoms with E-state index in [1.54, 1.807) is 11.8 Å². The Morgan fingerprint density at radius 2 is 2.09 bits per heavy atom. The molecule has 1 saturated carbocycles. The zero-order valence-electron chi connectivity index (χ0n) is 13.2. The van der Waals surface area contributed by atoms with Gasteiger partial charge in [-0.05, 0) is 42.7 Å². The predicted octanol–water partition coefficient (Wildman–Crippen LogP) is 3.08. The van der Waals surface area contributed by atoms with Crippen LogP contribution in [-0.2, 0) is 11.3 Å². The predicted molar refractivity (Wildman–Crippen MR) is 96.0 cm³/mol. The quantitative estimate of drug-likeness (QED) is 0.806. The second-order valence-corrected chi connectivity index (χ2v) is 6.95. The number of rotatable bonds is 5. The van der Waals surface area contributed by atoms with Crippen molar-refractivity contribution in [2.75, 3.05) is 26.0 Å². The summed E-state index contributed by atoms with van der Waals surface area (Å²) < 4.78 is 5.64. The van der Waals surface area contributed by atoms with E-state index in [4.69, 9.17) is 4.74 Å². The summed E-state index contributed by atoms with van der Waals surface area (Å²) in [4.78, 5) is 1.33. The van der Waals surface area contributed by atoms with Crippen molar-refractivity contribution in [2.45, 2.75) is 42.8 Å². The van der Waals surface area contributed by atoms with E-state index < -0.39 is 0 Å². The summed E-state index contributed by atoms with van der Waals surface area (Å²) in [5, 5.41) is 7.42. The highest BCUT2D eigenvalue weighted by molar-refractivity contribution is 7.98. The summed E-state index contributed by atoms with van der Waals surface area (Å²) >= 11 is 1.80. The van der Waals surface area contributed by atoms with Gasteiger partial charge in [0.1, 0.15) is 0 Å². The lowest BCUT2D eigenvalue weighted by Crippen LogP contribution is -2.50. The number of hydrogen-bond donors (Lipinski definition) is 2. The van der Waals surface area contributed by atoms with E-state index >= 15 is 0 Å². The van der Waals surface area contributed by atoms with Gasteiger partial charge in [0.25, 0.3) is 0 Å². The van der Waals surface area contributed by atoms with Crippen LogP contribution in [0.2, 0.25) is 0 Å². The topological polar surface area (TPSA) is 33.3 Å². The maximum Gasteiger partial charge on any atom is 0.0623 e. The third-order valence-corrected chi connectivity index (χ3v) is 5.51. The monoisotopic (exact) mass is 342 g/mol. The molecule has 2 aliphatic rings. The fourth-order valence-electron chi connectivity index (χ4n) is 3.58. The fraction of sp³-hybridized carbons (Fsp3) is 0.647. The fourth-order valence-corrected chi connectivity index (χ4v) is 3.99. The highest BCUT2D eigenvalue weighted by Gasteiger charge is 2.34. The van der Waals surface area contributed by atoms with E-state index in [0.29, 0.717) is 12.1 Å². The minimum atomic E-state index is 0. The van der Waals surface area contributed by atoms with Crippen molar-refractivity contribution in [2.24, 2.45) is 5.92 Å². The molecule has 0 radical (unpaired) electrons. The molecule has 2 N–H and O–H groups in total. The van der Waals surface area contributed by atoms with Gasteiger partial charge in [-0.15, -0.1) is 24.2 Å². The molecule has 0 bridgehead atoms. The van der Waals surface area contributed by atoms with Crippen molar-refractivity contribution in [1.82, 2.24) is 10.6 Å². The van der Waals surface area contributed by atoms with Crippen LogP contribution in [0.4, 0.5) is 0 Å². The van der Waals surface area contributed by atoms with Crippen molar-refractivity contribution in [1.29, 1.82) is 0 Å². The highest BCUT2D eigenvalue weighted by atomic mass is 35.5. The van der Waals surface area contributed by atoms with Gasteiger partial charge >= 0.3 is 0 Å². The molecule has 5 heteroatoms. The number of ether oxygens (including phenoxy) is 1. The van der Waals surface area contributed by atoms with Gasteiger partial charge < -0.3 is 15.4 Å². The number of benzene rings is 1. The van der Waals surface area contributed by atoms with E-state index in [0.717, 1.165) is 32.2 Å². The first-order chi connectivity index (χ1) is 10.4. The van der Waals surface area contributed by atoms with Crippen LogP contribution in [0.15, 0.2) is 29.2 Å². The van der Waals surface area contributed by atoms with E-state index in [9.17, 15) is 0 Å². The van der Waals surface area contributed by atoms with Crippen molar-refractivity contribution in [3.63, 3.8) is 0 Å². The van der Waals surface area contributed by atoms with Crippen LogP contribution < -0.4 is 10.6 Å². The average molecular weight is 343 g/mol. The smallest absolute Gasteiger partial charge is 0.0623 e. The number of morpholine rings is 1. The number of thioether (sulfide) groups is 1. The average Bonchev–Trinajstić information content (AvgIpc) is 3.03. The third-order valence-electron chi connectivity index (χ3n) is 4.76. The number of hydrogen-bond acceptors (Lipinski definition) is 4. The maximum absolute atomic E-state index is 5.64. The highest BCUT2D eigenvalue weighted by Crippen LogP contribution is 2.29. The molecule has 1 aliphatic heterocycles. The summed E-state index contributed by atoms with van der Waals surface area (Å²) in [7, 11) is 0. The van der Waals surface area contributed by atoms with Crippen LogP contribution in [-0.4, -0.2) is 38.1 Å². The van der Waals surface area contributed by atoms with Gasteiger partial charge in [0.2, 0.25) is 0 Å². The molecule has 3 nitrogen and oxygen atoms in total. The zero-order valence-corrected chi connectivity index (χ0v) is 14.8. The molecule has 3 rings (SSSR count). The van der Waals surface area contributed by atoms with E-state index in [1.807, 2.05) is 0 Å². The first-order valence-corrected chi connectivity index (χ1v) is 9.27. The van der Waals surface area contributed by atoms with E-state index in [-0.39, 0.29) is 12.4 Å². The molecule has 0 amide bonds. The Morgan fingerprint density at radius 3 is 2.77 bits per heavy atom. The number of halogens is 1. The van der Waals surface area contributed by atoms with Crippen molar-refractivity contribution < 1.29 is 4.74 Å². The molecule has 1 saturated heterocycles. The first-order valence-electron chi connectivity index (χ1n) is 8.04. The molecule has 22 heavy (non-hydrogen) atoms. The Labute approximate surface area is 144 Å². The van der Waals surface area contributed by atoms with Crippen LogP contribution in [0.25, 0.3) is 0 Å². The Morgan fingerprint density at radius 1 is 1.27 bits per heavy atom. The van der Waals surface area contributed by atoms with Gasteiger partial charge in [-0.2, -0.15) is 0 Å². The summed E-state index contributed by atoms with van der Waals surface area (Å²) in [6, 6.07) is 10.1. The standard InChI is InChI=1S/C17H26N2OS.ClH/c1-21-14-7-5-13(6-8-14)11-19-16-4-2-3-15(16)17-12-20-10-9-18-17;/h5-8,15-19H,2-4,9-12H2,1H3;1H. The molecule has 3 atom stereocenters. The Kier molecular flexibility index (Phi) is 7.51. The van der Waals surface area contributed by atoms with Gasteiger partial charge in [-0.3, -0.25) is 0 Å². The van der Waals surface area contributed by atoms with E-state index in [2.05, 4.69) is 41.2 Å². The maximum atomic E-state index is 5.64. The van der Waals surface area contributed by atoms with Crippen LogP contribution in [0.1, 0.15) is 24.8 Å². The van der Waals surface area contributed by atoms with Crippen LogP contribution in [0, 0.1) is 5.92 Å². The molecule has 0 spiro atoms. The van der Waals surface area contributed by atoms with Gasteiger partial charge in [0.15, 0.2) is 0 Å². The summed E-state index contributed by atoms with van der Waals surface area (Å²) in [6.07, 6.45) is 6.08. The Bertz CT molecular complexity index is 437. The zero-order chi connectivity index (χ0) is 14.5. The second kappa shape index (κ2) is 9.14. The molecule has 1 aliphatic carbocycles. The normalized spacial score (nSPS) is 28.3. The van der Waals surface area contributed by atoms with Crippen LogP contribution in [0.5, 0.6) is 0 Å². The lowest BCUT2D eigenvalue weighted by Gasteiger charge is -2.33. The van der Waals surface area contributed by atoms with Gasteiger partial charge in [-0.25, -0.2) is 0 Å². The second-order valence-electron chi connectivity index (χ2n) is 6.07. The third kappa shape index (κ3) is 4.62. The molecular weight excluding hydrogens is 316 g/mol. The molecule has 3 unspecified atom stereocenters. The van der Waals surface area contributed by atoms with Gasteiger partial charge in [0.05, 0.1) is 13.2 Å². The Balaban J connectivity index is 0.00000176. The molecule has 1 aromatic rings. The summed E-state index contributed by atoms with van der Waals surface area (Å²) in [5.41, 5.74) is 1.38. The first kappa shape index (κ1) is 18.1. The Hall–Kier alpha value is -0.260. The SMILES string of the molecule is CSc1ccc(CNC2CCCC2C2COCCN2)cc1.Cl. The molecule has 124 valence electrons. The van der Waals surface area contributed by atoms with Crippen molar-refractivity contribution in [3.05, 3.63) is 29.8 Å². The van der Waals surface area contributed by atoms with Crippen molar-refractivity contribution >= 4 is 24.2 Å². The number of nitrogens with one attached hydrogen (secondary N) is 2. The van der Waals surface area contributed by atoms with Crippen LogP contribution in [0.3, 0.4) is 0 Å².